The maximum atomic E-state index is 6.15. The van der Waals surface area contributed by atoms with Crippen molar-refractivity contribution in [1.29, 1.82) is 0 Å². The highest BCUT2D eigenvalue weighted by Crippen LogP contribution is 2.31. The fourth-order valence-electron chi connectivity index (χ4n) is 2.72. The van der Waals surface area contributed by atoms with E-state index in [0.717, 1.165) is 6.61 Å². The Bertz CT molecular complexity index is 204. The molecule has 0 bridgehead atoms. The van der Waals surface area contributed by atoms with Crippen LogP contribution in [-0.2, 0) is 14.2 Å². The van der Waals surface area contributed by atoms with Crippen LogP contribution in [0.25, 0.3) is 0 Å². The first kappa shape index (κ1) is 15.9. The highest BCUT2D eigenvalue weighted by atomic mass is 16.5. The zero-order chi connectivity index (χ0) is 13.4. The minimum Gasteiger partial charge on any atom is -0.384 e. The third-order valence-corrected chi connectivity index (χ3v) is 4.25. The molecule has 3 nitrogen and oxygen atoms in total. The van der Waals surface area contributed by atoms with E-state index in [2.05, 4.69) is 13.8 Å². The first-order valence-corrected chi connectivity index (χ1v) is 7.24. The average Bonchev–Trinajstić information content (AvgIpc) is 2.37. The second kappa shape index (κ2) is 8.13. The molecule has 0 spiro atoms. The summed E-state index contributed by atoms with van der Waals surface area (Å²) in [6, 6.07) is 0. The third-order valence-electron chi connectivity index (χ3n) is 4.25. The molecule has 1 aliphatic rings. The number of rotatable bonds is 8. The lowest BCUT2D eigenvalue weighted by Gasteiger charge is -2.37. The molecule has 0 aromatic heterocycles. The maximum absolute atomic E-state index is 6.15. The molecular weight excluding hydrogens is 228 g/mol. The highest BCUT2D eigenvalue weighted by molar-refractivity contribution is 4.83. The molecule has 1 rings (SSSR count). The predicted octanol–water partition coefficient (Wildman–Crippen LogP) is 3.27. The molecule has 0 aromatic rings. The van der Waals surface area contributed by atoms with Crippen molar-refractivity contribution in [1.82, 2.24) is 0 Å². The van der Waals surface area contributed by atoms with Gasteiger partial charge >= 0.3 is 0 Å². The maximum Gasteiger partial charge on any atom is 0.0575 e. The molecule has 1 saturated carbocycles. The van der Waals surface area contributed by atoms with Gasteiger partial charge in [-0.1, -0.05) is 33.1 Å². The highest BCUT2D eigenvalue weighted by Gasteiger charge is 2.35. The molecule has 1 aliphatic carbocycles. The van der Waals surface area contributed by atoms with E-state index < -0.39 is 0 Å². The molecule has 0 aromatic carbocycles. The Hall–Kier alpha value is -0.120. The van der Waals surface area contributed by atoms with E-state index >= 15 is 0 Å². The van der Waals surface area contributed by atoms with Crippen molar-refractivity contribution in [3.63, 3.8) is 0 Å². The number of ether oxygens (including phenoxy) is 3. The molecule has 0 radical (unpaired) electrons. The van der Waals surface area contributed by atoms with Gasteiger partial charge in [-0.3, -0.25) is 0 Å². The van der Waals surface area contributed by atoms with E-state index in [1.54, 1.807) is 14.2 Å². The molecule has 0 aliphatic heterocycles. The van der Waals surface area contributed by atoms with Crippen molar-refractivity contribution in [2.24, 2.45) is 11.3 Å². The van der Waals surface area contributed by atoms with Crippen molar-refractivity contribution in [3.05, 3.63) is 0 Å². The lowest BCUT2D eigenvalue weighted by atomic mass is 9.79. The lowest BCUT2D eigenvalue weighted by molar-refractivity contribution is -0.100. The molecule has 1 fully saturated rings. The van der Waals surface area contributed by atoms with Gasteiger partial charge in [0.05, 0.1) is 25.9 Å². The van der Waals surface area contributed by atoms with Gasteiger partial charge in [0.15, 0.2) is 0 Å². The van der Waals surface area contributed by atoms with Gasteiger partial charge in [0, 0.05) is 19.6 Å². The van der Waals surface area contributed by atoms with Crippen molar-refractivity contribution in [3.8, 4) is 0 Å². The predicted molar refractivity (Wildman–Crippen MR) is 73.8 cm³/mol. The topological polar surface area (TPSA) is 27.7 Å². The van der Waals surface area contributed by atoms with Crippen LogP contribution in [0.5, 0.6) is 0 Å². The second-order valence-electron chi connectivity index (χ2n) is 5.95. The minimum absolute atomic E-state index is 0.0129. The van der Waals surface area contributed by atoms with E-state index in [1.165, 1.54) is 32.1 Å². The van der Waals surface area contributed by atoms with E-state index in [4.69, 9.17) is 14.2 Å². The molecule has 0 saturated heterocycles. The quantitative estimate of drug-likeness (QED) is 0.669. The minimum atomic E-state index is -0.0129. The van der Waals surface area contributed by atoms with Gasteiger partial charge in [-0.15, -0.1) is 0 Å². The van der Waals surface area contributed by atoms with Crippen LogP contribution in [0.1, 0.15) is 46.0 Å². The number of methoxy groups -OCH3 is 2. The first-order valence-electron chi connectivity index (χ1n) is 7.24. The SMILES string of the molecule is COCC(COC)(COC1CCCCC1)C(C)C. The summed E-state index contributed by atoms with van der Waals surface area (Å²) in [5.41, 5.74) is -0.0129. The fourth-order valence-corrected chi connectivity index (χ4v) is 2.72. The molecule has 18 heavy (non-hydrogen) atoms. The molecule has 0 N–H and O–H groups in total. The van der Waals surface area contributed by atoms with E-state index in [-0.39, 0.29) is 5.41 Å². The summed E-state index contributed by atoms with van der Waals surface area (Å²) in [7, 11) is 3.51. The van der Waals surface area contributed by atoms with Gasteiger partial charge in [-0.05, 0) is 18.8 Å². The van der Waals surface area contributed by atoms with Crippen LogP contribution in [0, 0.1) is 11.3 Å². The summed E-state index contributed by atoms with van der Waals surface area (Å²) >= 11 is 0. The van der Waals surface area contributed by atoms with E-state index in [9.17, 15) is 0 Å². The van der Waals surface area contributed by atoms with E-state index in [1.807, 2.05) is 0 Å². The first-order chi connectivity index (χ1) is 8.64. The van der Waals surface area contributed by atoms with Crippen molar-refractivity contribution < 1.29 is 14.2 Å². The van der Waals surface area contributed by atoms with E-state index in [0.29, 0.717) is 25.2 Å². The Morgan fingerprint density at radius 1 is 0.944 bits per heavy atom. The van der Waals surface area contributed by atoms with Crippen LogP contribution in [0.4, 0.5) is 0 Å². The standard InChI is InChI=1S/C15H30O3/c1-13(2)15(10-16-3,11-17-4)12-18-14-8-6-5-7-9-14/h13-14H,5-12H2,1-4H3. The summed E-state index contributed by atoms with van der Waals surface area (Å²) in [4.78, 5) is 0. The summed E-state index contributed by atoms with van der Waals surface area (Å²) in [6.07, 6.45) is 6.88. The Morgan fingerprint density at radius 2 is 1.50 bits per heavy atom. The molecule has 0 amide bonds. The van der Waals surface area contributed by atoms with Gasteiger partial charge in [-0.2, -0.15) is 0 Å². The van der Waals surface area contributed by atoms with Gasteiger partial charge in [0.25, 0.3) is 0 Å². The monoisotopic (exact) mass is 258 g/mol. The zero-order valence-corrected chi connectivity index (χ0v) is 12.5. The summed E-state index contributed by atoms with van der Waals surface area (Å²) in [5.74, 6) is 0.487. The van der Waals surface area contributed by atoms with Gasteiger partial charge < -0.3 is 14.2 Å². The largest absolute Gasteiger partial charge is 0.384 e. The van der Waals surface area contributed by atoms with Crippen LogP contribution in [0.3, 0.4) is 0 Å². The second-order valence-corrected chi connectivity index (χ2v) is 5.95. The Balaban J connectivity index is 2.52. The van der Waals surface area contributed by atoms with Gasteiger partial charge in [0.1, 0.15) is 0 Å². The third kappa shape index (κ3) is 4.52. The van der Waals surface area contributed by atoms with Crippen LogP contribution in [0.2, 0.25) is 0 Å². The summed E-state index contributed by atoms with van der Waals surface area (Å²) in [5, 5.41) is 0. The van der Waals surface area contributed by atoms with Crippen molar-refractivity contribution >= 4 is 0 Å². The van der Waals surface area contributed by atoms with Crippen molar-refractivity contribution in [2.45, 2.75) is 52.1 Å². The van der Waals surface area contributed by atoms with Crippen molar-refractivity contribution in [2.75, 3.05) is 34.0 Å². The molecule has 108 valence electrons. The van der Waals surface area contributed by atoms with Crippen LogP contribution < -0.4 is 0 Å². The zero-order valence-electron chi connectivity index (χ0n) is 12.5. The molecule has 0 heterocycles. The summed E-state index contributed by atoms with van der Waals surface area (Å²) < 4.78 is 17.0. The average molecular weight is 258 g/mol. The fraction of sp³-hybridized carbons (Fsp3) is 1.00. The molecule has 0 unspecified atom stereocenters. The molecular formula is C15H30O3. The number of hydrogen-bond acceptors (Lipinski definition) is 3. The van der Waals surface area contributed by atoms with Gasteiger partial charge in [0.2, 0.25) is 0 Å². The van der Waals surface area contributed by atoms with Gasteiger partial charge in [-0.25, -0.2) is 0 Å². The van der Waals surface area contributed by atoms with Crippen LogP contribution >= 0.6 is 0 Å². The Labute approximate surface area is 112 Å². The lowest BCUT2D eigenvalue weighted by Crippen LogP contribution is -2.42. The Kier molecular flexibility index (Phi) is 7.20. The smallest absolute Gasteiger partial charge is 0.0575 e. The Morgan fingerprint density at radius 3 is 1.94 bits per heavy atom. The summed E-state index contributed by atoms with van der Waals surface area (Å²) in [6.45, 7) is 6.60. The molecule has 3 heteroatoms. The normalized spacial score (nSPS) is 18.5. The number of hydrogen-bond donors (Lipinski definition) is 0. The molecule has 0 atom stereocenters. The van der Waals surface area contributed by atoms with Crippen LogP contribution in [0.15, 0.2) is 0 Å². The van der Waals surface area contributed by atoms with Crippen LogP contribution in [-0.4, -0.2) is 40.1 Å².